The van der Waals surface area contributed by atoms with Gasteiger partial charge in [0.05, 0.1) is 23.3 Å². The summed E-state index contributed by atoms with van der Waals surface area (Å²) in [5.74, 6) is -0.156. The molecule has 4 aromatic heterocycles. The Morgan fingerprint density at radius 3 is 2.78 bits per heavy atom. The number of aromatic nitrogens is 5. The number of anilines is 1. The van der Waals surface area contributed by atoms with Crippen molar-refractivity contribution >= 4 is 23.0 Å². The fourth-order valence-corrected chi connectivity index (χ4v) is 4.03. The summed E-state index contributed by atoms with van der Waals surface area (Å²) < 4.78 is 1.60. The number of aromatic carboxylic acids is 1. The Morgan fingerprint density at radius 2 is 2.09 bits per heavy atom. The molecule has 1 atom stereocenters. The van der Waals surface area contributed by atoms with Crippen LogP contribution in [0.15, 0.2) is 54.9 Å². The standard InChI is InChI=1S/C24H22N6O2/c1-13-5-3-4-6-16(13)18-8-7-15(11-26-18)17-12-27-30-22(25)14(2)21(29-23(17)30)19-9-10-20(28-19)24(31)32/h3-4,6-13,28H,5,25H2,1-2H3,(H,31,32). The van der Waals surface area contributed by atoms with Crippen LogP contribution in [0.25, 0.3) is 33.7 Å². The molecule has 0 saturated carbocycles. The van der Waals surface area contributed by atoms with Gasteiger partial charge < -0.3 is 15.8 Å². The minimum atomic E-state index is -1.03. The van der Waals surface area contributed by atoms with Crippen LogP contribution in [0, 0.1) is 12.8 Å². The smallest absolute Gasteiger partial charge is 0.352 e. The van der Waals surface area contributed by atoms with Crippen molar-refractivity contribution < 1.29 is 9.90 Å². The largest absolute Gasteiger partial charge is 0.477 e. The van der Waals surface area contributed by atoms with Crippen molar-refractivity contribution in [2.24, 2.45) is 5.92 Å². The Balaban J connectivity index is 1.59. The number of nitrogens with two attached hydrogens (primary N) is 1. The molecule has 4 N–H and O–H groups in total. The number of aromatic amines is 1. The van der Waals surface area contributed by atoms with Gasteiger partial charge in [-0.2, -0.15) is 9.61 Å². The van der Waals surface area contributed by atoms with E-state index < -0.39 is 5.97 Å². The highest BCUT2D eigenvalue weighted by molar-refractivity contribution is 5.87. The molecule has 4 aromatic rings. The molecule has 0 aromatic carbocycles. The molecule has 1 aliphatic carbocycles. The van der Waals surface area contributed by atoms with E-state index in [9.17, 15) is 9.90 Å². The number of allylic oxidation sites excluding steroid dienone is 4. The number of H-pyrrole nitrogens is 1. The third kappa shape index (κ3) is 3.17. The van der Waals surface area contributed by atoms with Crippen LogP contribution in [0.3, 0.4) is 0 Å². The number of nitrogen functional groups attached to an aromatic ring is 1. The zero-order valence-corrected chi connectivity index (χ0v) is 17.7. The fourth-order valence-electron chi connectivity index (χ4n) is 4.03. The van der Waals surface area contributed by atoms with E-state index in [-0.39, 0.29) is 5.69 Å². The molecule has 8 nitrogen and oxygen atoms in total. The van der Waals surface area contributed by atoms with E-state index in [1.807, 2.05) is 25.3 Å². The zero-order chi connectivity index (χ0) is 22.4. The average molecular weight is 426 g/mol. The van der Waals surface area contributed by atoms with Crippen LogP contribution in [0.1, 0.15) is 35.1 Å². The summed E-state index contributed by atoms with van der Waals surface area (Å²) in [5.41, 5.74) is 12.8. The Kier molecular flexibility index (Phi) is 4.62. The second-order valence-electron chi connectivity index (χ2n) is 7.97. The summed E-state index contributed by atoms with van der Waals surface area (Å²) in [6.45, 7) is 4.03. The van der Waals surface area contributed by atoms with Crippen LogP contribution >= 0.6 is 0 Å². The summed E-state index contributed by atoms with van der Waals surface area (Å²) in [6, 6.07) is 7.23. The number of carboxylic acid groups (broad SMARTS) is 1. The van der Waals surface area contributed by atoms with Gasteiger partial charge in [0.15, 0.2) is 5.65 Å². The molecular weight excluding hydrogens is 404 g/mol. The Labute approximate surface area is 184 Å². The third-order valence-electron chi connectivity index (χ3n) is 5.90. The van der Waals surface area contributed by atoms with Gasteiger partial charge in [0.2, 0.25) is 0 Å². The highest BCUT2D eigenvalue weighted by Gasteiger charge is 2.19. The second-order valence-corrected chi connectivity index (χ2v) is 7.97. The van der Waals surface area contributed by atoms with Gasteiger partial charge >= 0.3 is 5.97 Å². The predicted molar refractivity (Wildman–Crippen MR) is 123 cm³/mol. The zero-order valence-electron chi connectivity index (χ0n) is 17.7. The van der Waals surface area contributed by atoms with Crippen LogP contribution in [0.4, 0.5) is 5.82 Å². The van der Waals surface area contributed by atoms with Crippen molar-refractivity contribution in [2.75, 3.05) is 5.73 Å². The lowest BCUT2D eigenvalue weighted by atomic mass is 9.90. The van der Waals surface area contributed by atoms with Crippen molar-refractivity contribution in [3.8, 4) is 22.5 Å². The molecule has 1 unspecified atom stereocenters. The number of nitrogens with one attached hydrogen (secondary N) is 1. The second kappa shape index (κ2) is 7.49. The van der Waals surface area contributed by atoms with Crippen LogP contribution < -0.4 is 5.73 Å². The maximum absolute atomic E-state index is 11.3. The maximum atomic E-state index is 11.3. The Morgan fingerprint density at radius 1 is 1.25 bits per heavy atom. The van der Waals surface area contributed by atoms with Gasteiger partial charge in [-0.1, -0.05) is 31.2 Å². The van der Waals surface area contributed by atoms with Crippen molar-refractivity contribution in [1.82, 2.24) is 24.6 Å². The lowest BCUT2D eigenvalue weighted by Gasteiger charge is -2.16. The fraction of sp³-hybridized carbons (Fsp3) is 0.167. The van der Waals surface area contributed by atoms with E-state index in [0.29, 0.717) is 34.3 Å². The molecule has 8 heteroatoms. The number of carbonyl (C=O) groups is 1. The Hall–Kier alpha value is -4.20. The first-order valence-electron chi connectivity index (χ1n) is 10.3. The average Bonchev–Trinajstić information content (AvgIpc) is 3.44. The van der Waals surface area contributed by atoms with Crippen molar-refractivity contribution in [2.45, 2.75) is 20.3 Å². The van der Waals surface area contributed by atoms with Crippen LogP contribution in [0.2, 0.25) is 0 Å². The molecule has 5 rings (SSSR count). The van der Waals surface area contributed by atoms with Crippen molar-refractivity contribution in [3.05, 3.63) is 71.8 Å². The number of carboxylic acids is 1. The van der Waals surface area contributed by atoms with Crippen LogP contribution in [-0.4, -0.2) is 35.6 Å². The summed E-state index contributed by atoms with van der Waals surface area (Å²) in [4.78, 5) is 23.6. The van der Waals surface area contributed by atoms with E-state index in [4.69, 9.17) is 10.7 Å². The minimum Gasteiger partial charge on any atom is -0.477 e. The minimum absolute atomic E-state index is 0.0919. The molecular formula is C24H22N6O2. The molecule has 160 valence electrons. The maximum Gasteiger partial charge on any atom is 0.352 e. The predicted octanol–water partition coefficient (Wildman–Crippen LogP) is 4.35. The SMILES string of the molecule is Cc1c(-c2ccc(C(=O)O)[nH]2)nc2c(-c3ccc(C4=CC=CCC4C)nc3)cnn2c1N. The summed E-state index contributed by atoms with van der Waals surface area (Å²) >= 11 is 0. The highest BCUT2D eigenvalue weighted by Crippen LogP contribution is 2.32. The van der Waals surface area contributed by atoms with Gasteiger partial charge in [0.1, 0.15) is 11.5 Å². The molecule has 32 heavy (non-hydrogen) atoms. The lowest BCUT2D eigenvalue weighted by molar-refractivity contribution is 0.0691. The van der Waals surface area contributed by atoms with Crippen molar-refractivity contribution in [3.63, 3.8) is 0 Å². The number of fused-ring (bicyclic) bond motifs is 1. The molecule has 0 saturated heterocycles. The number of hydrogen-bond acceptors (Lipinski definition) is 5. The molecule has 0 fully saturated rings. The van der Waals surface area contributed by atoms with E-state index >= 15 is 0 Å². The molecule has 0 spiro atoms. The van der Waals surface area contributed by atoms with E-state index in [2.05, 4.69) is 40.2 Å². The van der Waals surface area contributed by atoms with Gasteiger partial charge in [0, 0.05) is 22.9 Å². The summed E-state index contributed by atoms with van der Waals surface area (Å²) in [5, 5.41) is 13.7. The quantitative estimate of drug-likeness (QED) is 0.446. The molecule has 0 amide bonds. The van der Waals surface area contributed by atoms with E-state index in [0.717, 1.165) is 23.2 Å². The lowest BCUT2D eigenvalue weighted by Crippen LogP contribution is -2.06. The first kappa shape index (κ1) is 19.7. The molecule has 0 radical (unpaired) electrons. The first-order chi connectivity index (χ1) is 15.4. The summed E-state index contributed by atoms with van der Waals surface area (Å²) in [7, 11) is 0. The van der Waals surface area contributed by atoms with Gasteiger partial charge in [-0.05, 0) is 43.0 Å². The molecule has 1 aliphatic rings. The topological polar surface area (TPSA) is 122 Å². The number of nitrogens with zero attached hydrogens (tertiary/aromatic N) is 4. The van der Waals surface area contributed by atoms with Gasteiger partial charge in [-0.15, -0.1) is 0 Å². The normalized spacial score (nSPS) is 15.8. The first-order valence-corrected chi connectivity index (χ1v) is 10.3. The van der Waals surface area contributed by atoms with E-state index in [1.165, 1.54) is 11.6 Å². The molecule has 0 bridgehead atoms. The van der Waals surface area contributed by atoms with E-state index in [1.54, 1.807) is 16.8 Å². The van der Waals surface area contributed by atoms with Gasteiger partial charge in [-0.3, -0.25) is 4.98 Å². The van der Waals surface area contributed by atoms with Gasteiger partial charge in [0.25, 0.3) is 0 Å². The number of rotatable bonds is 4. The van der Waals surface area contributed by atoms with Crippen LogP contribution in [-0.2, 0) is 0 Å². The monoisotopic (exact) mass is 426 g/mol. The Bertz CT molecular complexity index is 1410. The summed E-state index contributed by atoms with van der Waals surface area (Å²) in [6.07, 6.45) is 10.9. The van der Waals surface area contributed by atoms with Gasteiger partial charge in [-0.25, -0.2) is 9.78 Å². The van der Waals surface area contributed by atoms with Crippen molar-refractivity contribution in [1.29, 1.82) is 0 Å². The third-order valence-corrected chi connectivity index (χ3v) is 5.90. The highest BCUT2D eigenvalue weighted by atomic mass is 16.4. The molecule has 0 aliphatic heterocycles. The molecule has 4 heterocycles. The number of pyridine rings is 1. The van der Waals surface area contributed by atoms with Crippen LogP contribution in [0.5, 0.6) is 0 Å². The number of hydrogen-bond donors (Lipinski definition) is 3.